The number of imide groups is 1. The number of nitrogens with zero attached hydrogens (tertiary/aromatic N) is 4. The summed E-state index contributed by atoms with van der Waals surface area (Å²) >= 11 is 0. The minimum atomic E-state index is -2.02. The highest BCUT2D eigenvalue weighted by Crippen LogP contribution is 2.43. The number of allylic oxidation sites excluding steroid dienone is 3. The average molecular weight is 1450 g/mol. The third-order valence-electron chi connectivity index (χ3n) is 20.3. The molecular formula is C77H98N10O18. The van der Waals surface area contributed by atoms with Crippen molar-refractivity contribution in [1.29, 1.82) is 0 Å². The minimum Gasteiger partial charge on any atom is -0.507 e. The molecule has 10 atom stereocenters. The number of esters is 1. The highest BCUT2D eigenvalue weighted by atomic mass is 16.7. The van der Waals surface area contributed by atoms with E-state index in [1.165, 1.54) is 52.4 Å². The maximum absolute atomic E-state index is 15.2. The fourth-order valence-corrected chi connectivity index (χ4v) is 14.2. The number of piperidine rings is 1. The van der Waals surface area contributed by atoms with E-state index < -0.39 is 106 Å². The maximum atomic E-state index is 15.2. The molecule has 1 fully saturated rings. The van der Waals surface area contributed by atoms with Crippen LogP contribution in [0.1, 0.15) is 131 Å². The number of nitrogens with two attached hydrogens (primary N) is 1. The molecule has 28 heteroatoms. The Hall–Kier alpha value is -10.2. The normalized spacial score (nSPS) is 23.6. The number of hydrogen-bond acceptors (Lipinski definition) is 21. The zero-order valence-corrected chi connectivity index (χ0v) is 61.6. The second-order valence-electron chi connectivity index (χ2n) is 28.6. The van der Waals surface area contributed by atoms with Crippen molar-refractivity contribution in [2.75, 3.05) is 55.9 Å². The van der Waals surface area contributed by atoms with Crippen LogP contribution in [0.4, 0.5) is 21.9 Å². The Kier molecular flexibility index (Phi) is 25.7. The number of aliphatic hydroxyl groups is 2. The summed E-state index contributed by atoms with van der Waals surface area (Å²) in [5.41, 5.74) is 4.93. The number of anilines is 3. The molecule has 4 aliphatic heterocycles. The Morgan fingerprint density at radius 2 is 1.58 bits per heavy atom. The number of hydrogen-bond donors (Lipinski definition) is 9. The molecule has 0 spiro atoms. The second kappa shape index (κ2) is 34.2. The molecule has 28 nitrogen and oxygen atoms in total. The first kappa shape index (κ1) is 78.9. The molecule has 4 aromatic carbocycles. The van der Waals surface area contributed by atoms with Crippen LogP contribution in [0.3, 0.4) is 0 Å². The van der Waals surface area contributed by atoms with E-state index in [1.807, 2.05) is 50.9 Å². The maximum Gasteiger partial charge on any atom is 0.312 e. The third kappa shape index (κ3) is 18.3. The average Bonchev–Trinajstić information content (AvgIpc) is 1.64. The van der Waals surface area contributed by atoms with Gasteiger partial charge in [0.2, 0.25) is 28.6 Å². The van der Waals surface area contributed by atoms with Gasteiger partial charge in [-0.1, -0.05) is 78.3 Å². The molecule has 1 unspecified atom stereocenters. The fourth-order valence-electron chi connectivity index (χ4n) is 14.2. The van der Waals surface area contributed by atoms with Gasteiger partial charge in [0, 0.05) is 130 Å². The van der Waals surface area contributed by atoms with Crippen molar-refractivity contribution < 1.29 is 77.0 Å². The number of aromatic hydroxyl groups is 1. The molecule has 0 aliphatic carbocycles. The SMILES string of the molecule is CO[C@H]1/C=C/O[C@@]2(C)Oc3c(C)c(O)c4c(=O)c(c5oc6cc(N7CCC(N(C)Cc8ccc(NC(=O)[C@H](CCCNC(N)=O)NC(=O)C(NC(=O)CCCCCN9C(=O)C=CC9=O)C(C)C)cc8)CC7)cc(=O)c6nc5c4c3=C2O)NC(=O)/C(C)=C\C=C\[C@H](C)C[C@@H](C)[C@@H](O)[C@@H](C)[C@H](OC(C)=O)[C@@H]1C. The first-order valence-electron chi connectivity index (χ1n) is 35.8. The van der Waals surface area contributed by atoms with Gasteiger partial charge in [0.25, 0.3) is 17.7 Å². The lowest BCUT2D eigenvalue weighted by molar-refractivity contribution is -0.159. The van der Waals surface area contributed by atoms with Crippen molar-refractivity contribution >= 4 is 103 Å². The van der Waals surface area contributed by atoms with Gasteiger partial charge in [0.15, 0.2) is 22.4 Å². The van der Waals surface area contributed by atoms with Gasteiger partial charge in [-0.2, -0.15) is 0 Å². The summed E-state index contributed by atoms with van der Waals surface area (Å²) in [7, 11) is 3.47. The Morgan fingerprint density at radius 1 is 0.886 bits per heavy atom. The van der Waals surface area contributed by atoms with E-state index in [4.69, 9.17) is 34.1 Å². The molecule has 5 aromatic rings. The zero-order valence-electron chi connectivity index (χ0n) is 61.6. The molecule has 105 heavy (non-hydrogen) atoms. The highest BCUT2D eigenvalue weighted by molar-refractivity contribution is 6.17. The molecule has 0 radical (unpaired) electrons. The van der Waals surface area contributed by atoms with E-state index in [2.05, 4.69) is 31.5 Å². The second-order valence-corrected chi connectivity index (χ2v) is 28.6. The quantitative estimate of drug-likeness (QED) is 0.0109. The Bertz CT molecular complexity index is 4450. The molecule has 1 saturated heterocycles. The van der Waals surface area contributed by atoms with Gasteiger partial charge in [-0.15, -0.1) is 0 Å². The Morgan fingerprint density at radius 3 is 2.24 bits per heavy atom. The van der Waals surface area contributed by atoms with Crippen LogP contribution in [-0.4, -0.2) is 160 Å². The van der Waals surface area contributed by atoms with Crippen LogP contribution in [0, 0.1) is 36.5 Å². The van der Waals surface area contributed by atoms with Crippen molar-refractivity contribution in [1.82, 2.24) is 30.7 Å². The van der Waals surface area contributed by atoms with Crippen molar-refractivity contribution in [2.24, 2.45) is 35.3 Å². The predicted octanol–water partition coefficient (Wildman–Crippen LogP) is 7.19. The van der Waals surface area contributed by atoms with Crippen LogP contribution < -0.4 is 58.0 Å². The number of aromatic nitrogens is 1. The van der Waals surface area contributed by atoms with Crippen LogP contribution in [-0.2, 0) is 54.3 Å². The summed E-state index contributed by atoms with van der Waals surface area (Å²) in [4.78, 5) is 143. The molecule has 10 N–H and O–H groups in total. The van der Waals surface area contributed by atoms with Crippen LogP contribution in [0.25, 0.3) is 38.7 Å². The van der Waals surface area contributed by atoms with E-state index in [1.54, 1.807) is 64.1 Å². The van der Waals surface area contributed by atoms with Crippen molar-refractivity contribution in [3.63, 3.8) is 0 Å². The number of urea groups is 1. The molecule has 5 heterocycles. The number of methoxy groups -OCH3 is 1. The minimum absolute atomic E-state index is 0.0235. The first-order valence-corrected chi connectivity index (χ1v) is 35.8. The van der Waals surface area contributed by atoms with E-state index in [0.29, 0.717) is 69.5 Å². The number of aliphatic hydroxyl groups excluding tert-OH is 2. The summed E-state index contributed by atoms with van der Waals surface area (Å²) in [6.07, 6.45) is 11.8. The third-order valence-corrected chi connectivity index (χ3v) is 20.3. The number of phenolic OH excluding ortho intramolecular Hbond substituents is 1. The van der Waals surface area contributed by atoms with Crippen LogP contribution >= 0.6 is 0 Å². The van der Waals surface area contributed by atoms with Gasteiger partial charge < -0.3 is 75.9 Å². The zero-order chi connectivity index (χ0) is 76.5. The van der Waals surface area contributed by atoms with E-state index in [0.717, 1.165) is 10.5 Å². The lowest BCUT2D eigenvalue weighted by Gasteiger charge is -2.38. The summed E-state index contributed by atoms with van der Waals surface area (Å²) in [5.74, 6) is -8.53. The summed E-state index contributed by atoms with van der Waals surface area (Å²) in [5, 5.41) is 49.3. The van der Waals surface area contributed by atoms with Gasteiger partial charge in [-0.05, 0) is 107 Å². The standard InChI is InChI=1S/C77H98N10O18/c1-40(2)62(82-56(90)21-14-13-15-32-87-57(91)26-27-58(87)92)75(99)81-52(20-17-31-79-76(78)100)74(98)80-49-24-22-48(23-25-49)39-85(11)50-28-33-86(34-29-50)51-37-53(89)63-55(38-51)104-71-64(83-63)59-60-67(94)46(8)70-61(59)72(96)77(10,105-70)102-35-30-54(101-12)44(6)69(103-47(9)88)45(7)66(93)43(5)36-41(3)18-16-19-42(4)73(97)84-65(71)68(60)95/h16,18-19,22-27,30,35,37-38,40-41,43-45,50,52,54,62,66,69,93-94,96H,13-15,17,20-21,28-29,31-34,36,39H2,1-12H3,(H,80,98)(H,81,99)(H,82,90)(H,84,97)(H3,78,79,100)/b18-16+,35-30+,42-19-/t41-,43+,44+,45+,52-,54-,62?,66+,69+,77-/m0/s1. The molecule has 1 aromatic heterocycles. The van der Waals surface area contributed by atoms with E-state index >= 15 is 4.79 Å². The van der Waals surface area contributed by atoms with Crippen molar-refractivity contribution in [2.45, 2.75) is 176 Å². The topological polar surface area (TPSA) is 390 Å². The molecule has 564 valence electrons. The number of ether oxygens (including phenoxy) is 4. The lowest BCUT2D eigenvalue weighted by atomic mass is 9.79. The number of amides is 8. The van der Waals surface area contributed by atoms with Gasteiger partial charge in [-0.3, -0.25) is 53.0 Å². The number of carbonyl (C=O) groups excluding carboxylic acids is 8. The molecule has 8 amide bonds. The lowest BCUT2D eigenvalue weighted by Crippen LogP contribution is -2.54. The number of benzene rings is 4. The van der Waals surface area contributed by atoms with Crippen LogP contribution in [0.15, 0.2) is 98.7 Å². The number of unbranched alkanes of at least 4 members (excludes halogenated alkanes) is 2. The van der Waals surface area contributed by atoms with Gasteiger partial charge in [0.05, 0.1) is 29.1 Å². The monoisotopic (exact) mass is 1450 g/mol. The van der Waals surface area contributed by atoms with Crippen molar-refractivity contribution in [3.8, 4) is 11.5 Å². The molecule has 0 saturated carbocycles. The number of rotatable bonds is 22. The van der Waals surface area contributed by atoms with Crippen molar-refractivity contribution in [3.05, 3.63) is 121 Å². The number of primary amides is 1. The van der Waals surface area contributed by atoms with E-state index in [9.17, 15) is 58.5 Å². The van der Waals surface area contributed by atoms with Crippen LogP contribution in [0.5, 0.6) is 11.5 Å². The smallest absolute Gasteiger partial charge is 0.312 e. The fraction of sp³-hybridized carbons (Fsp3) is 0.494. The molecule has 9 rings (SSSR count). The number of carbonyl (C=O) groups is 8. The molecule has 4 aliphatic rings. The summed E-state index contributed by atoms with van der Waals surface area (Å²) in [6, 6.07) is 7.69. The van der Waals surface area contributed by atoms with Gasteiger partial charge in [0.1, 0.15) is 40.9 Å². The highest BCUT2D eigenvalue weighted by Gasteiger charge is 2.44. The molecular weight excluding hydrogens is 1350 g/mol. The van der Waals surface area contributed by atoms with Gasteiger partial charge >= 0.3 is 17.8 Å². The Labute approximate surface area is 608 Å². The number of fused-ring (bicyclic) bond motifs is 2. The predicted molar refractivity (Wildman–Crippen MR) is 395 cm³/mol. The van der Waals surface area contributed by atoms with Gasteiger partial charge in [-0.25, -0.2) is 9.78 Å². The summed E-state index contributed by atoms with van der Waals surface area (Å²) in [6.45, 7) is 18.7. The molecule has 4 bridgehead atoms. The Balaban J connectivity index is 0.925. The largest absolute Gasteiger partial charge is 0.507 e. The van der Waals surface area contributed by atoms with E-state index in [-0.39, 0.29) is 129 Å². The number of phenols is 1. The number of nitrogens with one attached hydrogen (secondary N) is 5. The summed E-state index contributed by atoms with van der Waals surface area (Å²) < 4.78 is 31.0. The first-order chi connectivity index (χ1) is 49.8. The van der Waals surface area contributed by atoms with Crippen LogP contribution in [0.2, 0.25) is 0 Å².